The number of morpholine rings is 1. The molecule has 2 aliphatic heterocycles. The van der Waals surface area contributed by atoms with Crippen molar-refractivity contribution in [3.8, 4) is 11.5 Å². The number of aromatic nitrogens is 2. The molecule has 46 heavy (non-hydrogen) atoms. The molecule has 4 aromatic rings. The number of ether oxygens (including phenoxy) is 4. The fraction of sp³-hybridized carbons (Fsp3) is 0.353. The third kappa shape index (κ3) is 5.85. The predicted molar refractivity (Wildman–Crippen MR) is 174 cm³/mol. The van der Waals surface area contributed by atoms with Gasteiger partial charge in [-0.3, -0.25) is 14.2 Å². The number of benzene rings is 2. The number of para-hydroxylation sites is 1. The zero-order valence-corrected chi connectivity index (χ0v) is 27.3. The van der Waals surface area contributed by atoms with E-state index in [0.29, 0.717) is 58.4 Å². The second-order valence-corrected chi connectivity index (χ2v) is 12.4. The topological polar surface area (TPSA) is 114 Å². The molecule has 4 heterocycles. The molecule has 0 aliphatic carbocycles. The Hall–Kier alpha value is -4.68. The van der Waals surface area contributed by atoms with E-state index in [1.165, 1.54) is 23.0 Å². The van der Waals surface area contributed by atoms with Crippen LogP contribution in [0.5, 0.6) is 11.5 Å². The second-order valence-electron chi connectivity index (χ2n) is 11.4. The van der Waals surface area contributed by atoms with Gasteiger partial charge in [0.05, 0.1) is 49.3 Å². The summed E-state index contributed by atoms with van der Waals surface area (Å²) in [6.45, 7) is 7.66. The van der Waals surface area contributed by atoms with E-state index in [1.54, 1.807) is 46.1 Å². The Morgan fingerprint density at radius 2 is 1.87 bits per heavy atom. The van der Waals surface area contributed by atoms with Crippen LogP contribution >= 0.6 is 11.3 Å². The SMILES string of the molecule is COc1ccc(OC)c([C@@H]2C(C(=O)OC(C)C)=C(C)N=c3s/c(=C\c4cn(CC(=O)N5CCOCC5)c5ccccc45)c(=O)n32)c1. The molecule has 6 rings (SSSR count). The van der Waals surface area contributed by atoms with Crippen molar-refractivity contribution in [3.05, 3.63) is 90.7 Å². The number of amides is 1. The van der Waals surface area contributed by atoms with Gasteiger partial charge in [-0.05, 0) is 51.1 Å². The number of methoxy groups -OCH3 is 2. The van der Waals surface area contributed by atoms with Crippen LogP contribution in [0.15, 0.2) is 69.7 Å². The van der Waals surface area contributed by atoms with Gasteiger partial charge in [-0.1, -0.05) is 29.5 Å². The molecule has 1 fully saturated rings. The van der Waals surface area contributed by atoms with Gasteiger partial charge in [0.15, 0.2) is 4.80 Å². The molecule has 240 valence electrons. The zero-order chi connectivity index (χ0) is 32.5. The summed E-state index contributed by atoms with van der Waals surface area (Å²) >= 11 is 1.24. The summed E-state index contributed by atoms with van der Waals surface area (Å²) in [5, 5.41) is 0.909. The van der Waals surface area contributed by atoms with Crippen LogP contribution in [0.1, 0.15) is 37.9 Å². The summed E-state index contributed by atoms with van der Waals surface area (Å²) < 4.78 is 26.1. The molecule has 1 saturated heterocycles. The van der Waals surface area contributed by atoms with Gasteiger partial charge < -0.3 is 28.4 Å². The number of fused-ring (bicyclic) bond motifs is 2. The Bertz CT molecular complexity index is 2030. The molecule has 0 unspecified atom stereocenters. The lowest BCUT2D eigenvalue weighted by atomic mass is 9.94. The number of hydrogen-bond acceptors (Lipinski definition) is 9. The van der Waals surface area contributed by atoms with E-state index in [2.05, 4.69) is 0 Å². The molecule has 2 aromatic carbocycles. The highest BCUT2D eigenvalue weighted by Gasteiger charge is 2.36. The maximum absolute atomic E-state index is 14.3. The number of allylic oxidation sites excluding steroid dienone is 1. The van der Waals surface area contributed by atoms with Crippen LogP contribution in [0, 0.1) is 0 Å². The molecule has 0 radical (unpaired) electrons. The molecule has 0 spiro atoms. The van der Waals surface area contributed by atoms with Crippen molar-refractivity contribution in [2.24, 2.45) is 4.99 Å². The van der Waals surface area contributed by atoms with Crippen molar-refractivity contribution in [3.63, 3.8) is 0 Å². The third-order valence-corrected chi connectivity index (χ3v) is 9.07. The summed E-state index contributed by atoms with van der Waals surface area (Å²) in [6, 6.07) is 12.2. The average molecular weight is 645 g/mol. The third-order valence-electron chi connectivity index (χ3n) is 8.09. The van der Waals surface area contributed by atoms with Gasteiger partial charge in [-0.2, -0.15) is 0 Å². The first-order valence-corrected chi connectivity index (χ1v) is 15.9. The lowest BCUT2D eigenvalue weighted by Gasteiger charge is -2.27. The first kappa shape index (κ1) is 31.3. The molecule has 1 atom stereocenters. The van der Waals surface area contributed by atoms with Crippen LogP contribution in [0.3, 0.4) is 0 Å². The molecule has 1 amide bonds. The van der Waals surface area contributed by atoms with Gasteiger partial charge in [-0.15, -0.1) is 0 Å². The highest BCUT2D eigenvalue weighted by molar-refractivity contribution is 7.07. The lowest BCUT2D eigenvalue weighted by molar-refractivity contribution is -0.143. The van der Waals surface area contributed by atoms with Crippen molar-refractivity contribution in [1.82, 2.24) is 14.0 Å². The van der Waals surface area contributed by atoms with E-state index >= 15 is 0 Å². The monoisotopic (exact) mass is 644 g/mol. The molecule has 2 aliphatic rings. The minimum Gasteiger partial charge on any atom is -0.497 e. The molecule has 2 aromatic heterocycles. The Labute approximate surface area is 269 Å². The number of carbonyl (C=O) groups excluding carboxylic acids is 2. The van der Waals surface area contributed by atoms with E-state index < -0.39 is 12.0 Å². The van der Waals surface area contributed by atoms with E-state index in [0.717, 1.165) is 16.5 Å². The van der Waals surface area contributed by atoms with Crippen molar-refractivity contribution >= 4 is 40.2 Å². The van der Waals surface area contributed by atoms with E-state index in [4.69, 9.17) is 23.9 Å². The Balaban J connectivity index is 1.50. The summed E-state index contributed by atoms with van der Waals surface area (Å²) in [5.41, 5.74) is 2.63. The molecule has 0 bridgehead atoms. The van der Waals surface area contributed by atoms with E-state index in [1.807, 2.05) is 46.0 Å². The second kappa shape index (κ2) is 13.0. The number of thiazole rings is 1. The quantitative estimate of drug-likeness (QED) is 0.271. The largest absolute Gasteiger partial charge is 0.497 e. The van der Waals surface area contributed by atoms with Crippen molar-refractivity contribution in [2.75, 3.05) is 40.5 Å². The molecule has 0 saturated carbocycles. The van der Waals surface area contributed by atoms with Crippen molar-refractivity contribution < 1.29 is 28.5 Å². The fourth-order valence-corrected chi connectivity index (χ4v) is 6.97. The van der Waals surface area contributed by atoms with Crippen LogP contribution < -0.4 is 24.4 Å². The van der Waals surface area contributed by atoms with Gasteiger partial charge in [-0.25, -0.2) is 9.79 Å². The summed E-state index contributed by atoms with van der Waals surface area (Å²) in [4.78, 5) is 48.0. The fourth-order valence-electron chi connectivity index (χ4n) is 5.93. The minimum absolute atomic E-state index is 0.0125. The van der Waals surface area contributed by atoms with E-state index in [-0.39, 0.29) is 29.7 Å². The standard InChI is InChI=1S/C34H36N4O7S/c1-20(2)45-33(41)30-21(3)35-34-38(31(30)25-17-23(42-4)10-11-27(25)43-5)32(40)28(46-34)16-22-18-37(26-9-7-6-8-24(22)26)19-29(39)36-12-14-44-15-13-36/h6-11,16-18,20,31H,12-15,19H2,1-5H3/b28-16-/t31-/m1/s1. The first-order valence-electron chi connectivity index (χ1n) is 15.1. The summed E-state index contributed by atoms with van der Waals surface area (Å²) in [7, 11) is 3.09. The molecule has 0 N–H and O–H groups in total. The van der Waals surface area contributed by atoms with Crippen LogP contribution in [-0.4, -0.2) is 72.5 Å². The number of rotatable bonds is 8. The predicted octanol–water partition coefficient (Wildman–Crippen LogP) is 3.02. The molecular formula is C34H36N4O7S. The number of esters is 1. The maximum atomic E-state index is 14.3. The molecular weight excluding hydrogens is 608 g/mol. The summed E-state index contributed by atoms with van der Waals surface area (Å²) in [5.74, 6) is 0.480. The average Bonchev–Trinajstić information content (AvgIpc) is 3.55. The van der Waals surface area contributed by atoms with Crippen LogP contribution in [-0.2, 0) is 25.6 Å². The Morgan fingerprint density at radius 3 is 2.59 bits per heavy atom. The number of nitrogens with zero attached hydrogens (tertiary/aromatic N) is 4. The Kier molecular flexibility index (Phi) is 8.83. The van der Waals surface area contributed by atoms with Crippen molar-refractivity contribution in [2.45, 2.75) is 39.5 Å². The van der Waals surface area contributed by atoms with Gasteiger partial charge in [0.2, 0.25) is 5.91 Å². The smallest absolute Gasteiger partial charge is 0.338 e. The highest BCUT2D eigenvalue weighted by atomic mass is 32.1. The number of carbonyl (C=O) groups is 2. The first-order chi connectivity index (χ1) is 22.2. The number of hydrogen-bond donors (Lipinski definition) is 0. The summed E-state index contributed by atoms with van der Waals surface area (Å²) in [6.07, 6.45) is 3.35. The van der Waals surface area contributed by atoms with Gasteiger partial charge in [0.25, 0.3) is 5.56 Å². The van der Waals surface area contributed by atoms with Crippen molar-refractivity contribution in [1.29, 1.82) is 0 Å². The van der Waals surface area contributed by atoms with Crippen LogP contribution in [0.4, 0.5) is 0 Å². The van der Waals surface area contributed by atoms with Gasteiger partial charge in [0.1, 0.15) is 24.1 Å². The maximum Gasteiger partial charge on any atom is 0.338 e. The highest BCUT2D eigenvalue weighted by Crippen LogP contribution is 2.38. The minimum atomic E-state index is -0.873. The van der Waals surface area contributed by atoms with Crippen LogP contribution in [0.25, 0.3) is 17.0 Å². The lowest BCUT2D eigenvalue weighted by Crippen LogP contribution is -2.42. The normalized spacial score (nSPS) is 16.9. The van der Waals surface area contributed by atoms with Crippen LogP contribution in [0.2, 0.25) is 0 Å². The molecule has 12 heteroatoms. The van der Waals surface area contributed by atoms with E-state index in [9.17, 15) is 14.4 Å². The Morgan fingerprint density at radius 1 is 1.11 bits per heavy atom. The van der Waals surface area contributed by atoms with Gasteiger partial charge >= 0.3 is 5.97 Å². The van der Waals surface area contributed by atoms with Gasteiger partial charge in [0, 0.05) is 41.3 Å². The molecule has 11 nitrogen and oxygen atoms in total. The zero-order valence-electron chi connectivity index (χ0n) is 26.4.